The molecule has 0 radical (unpaired) electrons. The molecule has 0 bridgehead atoms. The Bertz CT molecular complexity index is 1060. The average molecular weight is 497 g/mol. The lowest BCUT2D eigenvalue weighted by molar-refractivity contribution is -0.384. The van der Waals surface area contributed by atoms with Crippen molar-refractivity contribution in [3.05, 3.63) is 63.7 Å². The molecule has 12 heteroatoms. The maximum absolute atomic E-state index is 12.8. The van der Waals surface area contributed by atoms with E-state index in [1.54, 1.807) is 29.2 Å². The molecule has 0 saturated carbocycles. The van der Waals surface area contributed by atoms with Crippen LogP contribution in [0, 0.1) is 10.1 Å². The Morgan fingerprint density at radius 3 is 2.27 bits per heavy atom. The summed E-state index contributed by atoms with van der Waals surface area (Å²) in [6.45, 7) is 1.85. The van der Waals surface area contributed by atoms with E-state index < -0.39 is 14.9 Å². The molecule has 0 aromatic heterocycles. The first-order valence-electron chi connectivity index (χ1n) is 10.4. The van der Waals surface area contributed by atoms with Gasteiger partial charge in [-0.15, -0.1) is 0 Å². The van der Waals surface area contributed by atoms with Gasteiger partial charge in [-0.2, -0.15) is 4.31 Å². The van der Waals surface area contributed by atoms with Crippen LogP contribution in [0.2, 0.25) is 5.02 Å². The number of halogens is 1. The van der Waals surface area contributed by atoms with E-state index in [2.05, 4.69) is 5.32 Å². The molecule has 2 aromatic carbocycles. The fourth-order valence-corrected chi connectivity index (χ4v) is 4.82. The van der Waals surface area contributed by atoms with E-state index in [0.717, 1.165) is 30.7 Å². The molecule has 178 valence electrons. The standard InChI is InChI=1S/C21H25ClN4O6S/c22-17-3-7-19(8-4-17)32-16-2-1-11-23-21(27)24-12-14-25(15-13-24)33(30,31)20-9-5-18(6-10-20)26(28)29/h3-10H,1-2,11-16H2,(H,23,27). The second kappa shape index (κ2) is 11.3. The van der Waals surface area contributed by atoms with Gasteiger partial charge >= 0.3 is 6.03 Å². The minimum absolute atomic E-state index is 0.00757. The normalized spacial score (nSPS) is 14.6. The third-order valence-electron chi connectivity index (χ3n) is 5.14. The first-order chi connectivity index (χ1) is 15.8. The molecule has 33 heavy (non-hydrogen) atoms. The Hall–Kier alpha value is -2.89. The quantitative estimate of drug-likeness (QED) is 0.323. The van der Waals surface area contributed by atoms with Crippen molar-refractivity contribution in [3.8, 4) is 5.75 Å². The van der Waals surface area contributed by atoms with Crippen molar-refractivity contribution in [2.24, 2.45) is 0 Å². The van der Waals surface area contributed by atoms with Crippen molar-refractivity contribution >= 4 is 33.3 Å². The van der Waals surface area contributed by atoms with Crippen LogP contribution < -0.4 is 10.1 Å². The first-order valence-corrected chi connectivity index (χ1v) is 12.2. The minimum Gasteiger partial charge on any atom is -0.494 e. The second-order valence-electron chi connectivity index (χ2n) is 7.38. The molecule has 1 heterocycles. The zero-order valence-electron chi connectivity index (χ0n) is 17.9. The maximum atomic E-state index is 12.8. The number of unbranched alkanes of at least 4 members (excludes halogenated alkanes) is 1. The fourth-order valence-electron chi connectivity index (χ4n) is 3.28. The van der Waals surface area contributed by atoms with Crippen LogP contribution in [-0.2, 0) is 10.0 Å². The number of benzene rings is 2. The van der Waals surface area contributed by atoms with Gasteiger partial charge in [0, 0.05) is 49.9 Å². The van der Waals surface area contributed by atoms with Crippen molar-refractivity contribution in [1.82, 2.24) is 14.5 Å². The van der Waals surface area contributed by atoms with Crippen molar-refractivity contribution < 1.29 is 22.9 Å². The highest BCUT2D eigenvalue weighted by molar-refractivity contribution is 7.89. The lowest BCUT2D eigenvalue weighted by Gasteiger charge is -2.34. The Morgan fingerprint density at radius 2 is 1.67 bits per heavy atom. The van der Waals surface area contributed by atoms with Gasteiger partial charge in [0.05, 0.1) is 16.4 Å². The first kappa shape index (κ1) is 24.7. The van der Waals surface area contributed by atoms with Crippen molar-refractivity contribution in [2.75, 3.05) is 39.3 Å². The van der Waals surface area contributed by atoms with Gasteiger partial charge < -0.3 is 15.0 Å². The summed E-state index contributed by atoms with van der Waals surface area (Å²) in [5, 5.41) is 14.2. The van der Waals surface area contributed by atoms with Crippen molar-refractivity contribution in [1.29, 1.82) is 0 Å². The smallest absolute Gasteiger partial charge is 0.317 e. The number of amides is 2. The molecular weight excluding hydrogens is 472 g/mol. The number of nitrogens with zero attached hydrogens (tertiary/aromatic N) is 3. The van der Waals surface area contributed by atoms with Gasteiger partial charge in [-0.3, -0.25) is 10.1 Å². The molecule has 0 aliphatic carbocycles. The van der Waals surface area contributed by atoms with E-state index in [-0.39, 0.29) is 42.8 Å². The van der Waals surface area contributed by atoms with Crippen LogP contribution in [0.1, 0.15) is 12.8 Å². The van der Waals surface area contributed by atoms with Crippen molar-refractivity contribution in [3.63, 3.8) is 0 Å². The number of piperazine rings is 1. The van der Waals surface area contributed by atoms with Gasteiger partial charge in [0.1, 0.15) is 5.75 Å². The van der Waals surface area contributed by atoms with Crippen LogP contribution in [0.25, 0.3) is 0 Å². The zero-order chi connectivity index (χ0) is 23.8. The Labute approximate surface area is 197 Å². The second-order valence-corrected chi connectivity index (χ2v) is 9.76. The summed E-state index contributed by atoms with van der Waals surface area (Å²) < 4.78 is 32.4. The molecule has 1 N–H and O–H groups in total. The third-order valence-corrected chi connectivity index (χ3v) is 7.31. The number of hydrogen-bond donors (Lipinski definition) is 1. The fraction of sp³-hybridized carbons (Fsp3) is 0.381. The Balaban J connectivity index is 1.37. The monoisotopic (exact) mass is 496 g/mol. The Morgan fingerprint density at radius 1 is 1.03 bits per heavy atom. The largest absolute Gasteiger partial charge is 0.494 e. The van der Waals surface area contributed by atoms with E-state index in [4.69, 9.17) is 16.3 Å². The van der Waals surface area contributed by atoms with E-state index in [9.17, 15) is 23.3 Å². The predicted molar refractivity (Wildman–Crippen MR) is 123 cm³/mol. The summed E-state index contributed by atoms with van der Waals surface area (Å²) in [7, 11) is -3.78. The number of carbonyl (C=O) groups excluding carboxylic acids is 1. The highest BCUT2D eigenvalue weighted by Crippen LogP contribution is 2.21. The Kier molecular flexibility index (Phi) is 8.48. The molecule has 1 aliphatic rings. The molecule has 2 aromatic rings. The van der Waals surface area contributed by atoms with Gasteiger partial charge in [0.2, 0.25) is 10.0 Å². The average Bonchev–Trinajstić information content (AvgIpc) is 2.82. The lowest BCUT2D eigenvalue weighted by Crippen LogP contribution is -2.53. The summed E-state index contributed by atoms with van der Waals surface area (Å²) in [5.41, 5.74) is -0.174. The lowest BCUT2D eigenvalue weighted by atomic mass is 10.3. The molecule has 2 amide bonds. The number of non-ortho nitro benzene ring substituents is 1. The number of nitro groups is 1. The van der Waals surface area contributed by atoms with Crippen LogP contribution in [0.4, 0.5) is 10.5 Å². The van der Waals surface area contributed by atoms with E-state index in [1.807, 2.05) is 0 Å². The van der Waals surface area contributed by atoms with Crippen molar-refractivity contribution in [2.45, 2.75) is 17.7 Å². The molecule has 1 saturated heterocycles. The SMILES string of the molecule is O=C(NCCCCOc1ccc(Cl)cc1)N1CCN(S(=O)(=O)c2ccc([N+](=O)[O-])cc2)CC1. The zero-order valence-corrected chi connectivity index (χ0v) is 19.4. The van der Waals surface area contributed by atoms with Gasteiger partial charge in [-0.25, -0.2) is 13.2 Å². The summed E-state index contributed by atoms with van der Waals surface area (Å²) in [4.78, 5) is 24.1. The maximum Gasteiger partial charge on any atom is 0.317 e. The topological polar surface area (TPSA) is 122 Å². The van der Waals surface area contributed by atoms with Crippen LogP contribution >= 0.6 is 11.6 Å². The molecule has 1 aliphatic heterocycles. The van der Waals surface area contributed by atoms with Crippen LogP contribution in [-0.4, -0.2) is 67.9 Å². The molecule has 10 nitrogen and oxygen atoms in total. The summed E-state index contributed by atoms with van der Waals surface area (Å²) >= 11 is 5.83. The number of nitrogens with one attached hydrogen (secondary N) is 1. The summed E-state index contributed by atoms with van der Waals surface area (Å²) in [5.74, 6) is 0.741. The highest BCUT2D eigenvalue weighted by Gasteiger charge is 2.30. The summed E-state index contributed by atoms with van der Waals surface area (Å²) in [6.07, 6.45) is 1.51. The van der Waals surface area contributed by atoms with Crippen LogP contribution in [0.5, 0.6) is 5.75 Å². The van der Waals surface area contributed by atoms with Gasteiger partial charge in [0.25, 0.3) is 5.69 Å². The van der Waals surface area contributed by atoms with Gasteiger partial charge in [-0.05, 0) is 49.2 Å². The number of urea groups is 1. The number of rotatable bonds is 9. The summed E-state index contributed by atoms with van der Waals surface area (Å²) in [6, 6.07) is 11.7. The van der Waals surface area contributed by atoms with E-state index >= 15 is 0 Å². The molecule has 0 spiro atoms. The highest BCUT2D eigenvalue weighted by atomic mass is 35.5. The number of carbonyl (C=O) groups is 1. The predicted octanol–water partition coefficient (Wildman–Crippen LogP) is 3.12. The minimum atomic E-state index is -3.78. The molecular formula is C21H25ClN4O6S. The van der Waals surface area contributed by atoms with Gasteiger partial charge in [-0.1, -0.05) is 11.6 Å². The van der Waals surface area contributed by atoms with Gasteiger partial charge in [0.15, 0.2) is 0 Å². The molecule has 1 fully saturated rings. The number of hydrogen-bond acceptors (Lipinski definition) is 6. The number of ether oxygens (including phenoxy) is 1. The molecule has 3 rings (SSSR count). The van der Waals surface area contributed by atoms with E-state index in [1.165, 1.54) is 16.4 Å². The third kappa shape index (κ3) is 6.80. The molecule has 0 unspecified atom stereocenters. The number of nitro benzene ring substituents is 1. The van der Waals surface area contributed by atoms with Crippen LogP contribution in [0.3, 0.4) is 0 Å². The molecule has 0 atom stereocenters. The van der Waals surface area contributed by atoms with E-state index in [0.29, 0.717) is 18.2 Å². The number of sulfonamides is 1. The van der Waals surface area contributed by atoms with Crippen LogP contribution in [0.15, 0.2) is 53.4 Å².